The van der Waals surface area contributed by atoms with Crippen LogP contribution in [0, 0.1) is 5.92 Å². The third kappa shape index (κ3) is 4.31. The number of ether oxygens (including phenoxy) is 1. The van der Waals surface area contributed by atoms with Crippen molar-refractivity contribution >= 4 is 23.5 Å². The van der Waals surface area contributed by atoms with Gasteiger partial charge in [-0.2, -0.15) is 0 Å². The highest BCUT2D eigenvalue weighted by molar-refractivity contribution is 6.04. The van der Waals surface area contributed by atoms with Crippen molar-refractivity contribution in [3.8, 4) is 0 Å². The van der Waals surface area contributed by atoms with Crippen molar-refractivity contribution in [2.75, 3.05) is 12.4 Å². The van der Waals surface area contributed by atoms with Gasteiger partial charge in [-0.05, 0) is 24.5 Å². The van der Waals surface area contributed by atoms with Crippen molar-refractivity contribution in [3.63, 3.8) is 0 Å². The Balaban J connectivity index is 2.12. The molecular weight excluding hydrogens is 284 g/mol. The Morgan fingerprint density at radius 2 is 1.95 bits per heavy atom. The topological polar surface area (TPSA) is 84.5 Å². The first kappa shape index (κ1) is 16.0. The fraction of sp³-hybridized carbons (Fsp3) is 0.438. The second-order valence-electron chi connectivity index (χ2n) is 5.46. The highest BCUT2D eigenvalue weighted by atomic mass is 16.5. The van der Waals surface area contributed by atoms with Gasteiger partial charge in [-0.15, -0.1) is 0 Å². The average Bonchev–Trinajstić information content (AvgIpc) is 3.29. The molecule has 0 radical (unpaired) electrons. The van der Waals surface area contributed by atoms with E-state index in [1.807, 2.05) is 0 Å². The van der Waals surface area contributed by atoms with Gasteiger partial charge in [-0.25, -0.2) is 4.79 Å². The fourth-order valence-corrected chi connectivity index (χ4v) is 2.26. The summed E-state index contributed by atoms with van der Waals surface area (Å²) >= 11 is 0. The van der Waals surface area contributed by atoms with E-state index in [4.69, 9.17) is 4.74 Å². The number of methoxy groups -OCH3 is 1. The molecule has 1 aromatic rings. The molecule has 1 aromatic carbocycles. The zero-order valence-electron chi connectivity index (χ0n) is 12.7. The molecule has 0 unspecified atom stereocenters. The van der Waals surface area contributed by atoms with Crippen LogP contribution in [-0.4, -0.2) is 30.9 Å². The minimum atomic E-state index is -0.657. The third-order valence-corrected chi connectivity index (χ3v) is 3.54. The van der Waals surface area contributed by atoms with E-state index in [-0.39, 0.29) is 5.91 Å². The lowest BCUT2D eigenvalue weighted by Crippen LogP contribution is -2.42. The number of carbonyl (C=O) groups excluding carboxylic acids is 3. The normalized spacial score (nSPS) is 14.8. The molecule has 0 aromatic heterocycles. The summed E-state index contributed by atoms with van der Waals surface area (Å²) in [6.45, 7) is 1.37. The summed E-state index contributed by atoms with van der Waals surface area (Å²) in [7, 11) is 1.31. The second kappa shape index (κ2) is 7.06. The van der Waals surface area contributed by atoms with Crippen LogP contribution in [0.3, 0.4) is 0 Å². The monoisotopic (exact) mass is 304 g/mol. The predicted octanol–water partition coefficient (Wildman–Crippen LogP) is 1.72. The standard InChI is InChI=1S/C16H20N2O4/c1-10(19)17-13-6-4-3-5-12(13)15(20)18-14(16(21)22-2)9-11-7-8-11/h3-6,11,14H,7-9H2,1-2H3,(H,17,19)(H,18,20)/t14-/m0/s1. The SMILES string of the molecule is COC(=O)[C@H](CC1CC1)NC(=O)c1ccccc1NC(C)=O. The van der Waals surface area contributed by atoms with Crippen LogP contribution in [0.5, 0.6) is 0 Å². The Kier molecular flexibility index (Phi) is 5.14. The zero-order chi connectivity index (χ0) is 16.1. The van der Waals surface area contributed by atoms with Gasteiger partial charge in [-0.1, -0.05) is 25.0 Å². The van der Waals surface area contributed by atoms with Crippen molar-refractivity contribution in [2.24, 2.45) is 5.92 Å². The quantitative estimate of drug-likeness (QED) is 0.784. The maximum Gasteiger partial charge on any atom is 0.328 e. The van der Waals surface area contributed by atoms with Gasteiger partial charge in [-0.3, -0.25) is 9.59 Å². The molecule has 0 aliphatic heterocycles. The number of nitrogens with one attached hydrogen (secondary N) is 2. The Labute approximate surface area is 129 Å². The van der Waals surface area contributed by atoms with Crippen LogP contribution in [-0.2, 0) is 14.3 Å². The number of carbonyl (C=O) groups is 3. The number of hydrogen-bond donors (Lipinski definition) is 2. The number of para-hydroxylation sites is 1. The smallest absolute Gasteiger partial charge is 0.328 e. The van der Waals surface area contributed by atoms with E-state index in [1.165, 1.54) is 14.0 Å². The molecule has 2 N–H and O–H groups in total. The summed E-state index contributed by atoms with van der Waals surface area (Å²) in [5.74, 6) is -0.643. The average molecular weight is 304 g/mol. The minimum absolute atomic E-state index is 0.261. The van der Waals surface area contributed by atoms with Gasteiger partial charge in [0.15, 0.2) is 0 Å². The van der Waals surface area contributed by atoms with Gasteiger partial charge < -0.3 is 15.4 Å². The Hall–Kier alpha value is -2.37. The summed E-state index contributed by atoms with van der Waals surface area (Å²) in [5, 5.41) is 5.31. The molecule has 0 saturated heterocycles. The lowest BCUT2D eigenvalue weighted by molar-refractivity contribution is -0.143. The molecule has 1 fully saturated rings. The first-order valence-electron chi connectivity index (χ1n) is 7.26. The molecule has 2 rings (SSSR count). The van der Waals surface area contributed by atoms with Gasteiger partial charge in [0.2, 0.25) is 5.91 Å². The lowest BCUT2D eigenvalue weighted by atomic mass is 10.1. The maximum absolute atomic E-state index is 12.4. The minimum Gasteiger partial charge on any atom is -0.467 e. The largest absolute Gasteiger partial charge is 0.467 e. The molecule has 6 heteroatoms. The van der Waals surface area contributed by atoms with Crippen LogP contribution >= 0.6 is 0 Å². The van der Waals surface area contributed by atoms with Gasteiger partial charge in [0, 0.05) is 6.92 Å². The predicted molar refractivity (Wildman–Crippen MR) is 81.4 cm³/mol. The summed E-state index contributed by atoms with van der Waals surface area (Å²) in [4.78, 5) is 35.4. The molecule has 1 saturated carbocycles. The summed E-state index contributed by atoms with van der Waals surface area (Å²) in [5.41, 5.74) is 0.741. The number of hydrogen-bond acceptors (Lipinski definition) is 4. The highest BCUT2D eigenvalue weighted by Crippen LogP contribution is 2.33. The van der Waals surface area contributed by atoms with Crippen LogP contribution in [0.1, 0.15) is 36.5 Å². The van der Waals surface area contributed by atoms with Gasteiger partial charge >= 0.3 is 5.97 Å². The van der Waals surface area contributed by atoms with E-state index >= 15 is 0 Å². The molecule has 1 aliphatic rings. The highest BCUT2D eigenvalue weighted by Gasteiger charge is 2.31. The van der Waals surface area contributed by atoms with E-state index in [0.29, 0.717) is 23.6 Å². The fourth-order valence-electron chi connectivity index (χ4n) is 2.26. The van der Waals surface area contributed by atoms with Crippen LogP contribution in [0.2, 0.25) is 0 Å². The zero-order valence-corrected chi connectivity index (χ0v) is 12.7. The van der Waals surface area contributed by atoms with E-state index in [0.717, 1.165) is 12.8 Å². The maximum atomic E-state index is 12.4. The molecule has 6 nitrogen and oxygen atoms in total. The van der Waals surface area contributed by atoms with Crippen molar-refractivity contribution in [2.45, 2.75) is 32.2 Å². The van der Waals surface area contributed by atoms with Crippen LogP contribution < -0.4 is 10.6 Å². The first-order chi connectivity index (χ1) is 10.5. The number of amides is 2. The molecule has 1 atom stereocenters. The van der Waals surface area contributed by atoms with Gasteiger partial charge in [0.1, 0.15) is 6.04 Å². The number of benzene rings is 1. The summed E-state index contributed by atoms with van der Waals surface area (Å²) in [6.07, 6.45) is 2.73. The van der Waals surface area contributed by atoms with Gasteiger partial charge in [0.05, 0.1) is 18.4 Å². The van der Waals surface area contributed by atoms with Crippen molar-refractivity contribution in [1.29, 1.82) is 0 Å². The number of esters is 1. The van der Waals surface area contributed by atoms with E-state index < -0.39 is 17.9 Å². The number of anilines is 1. The van der Waals surface area contributed by atoms with Crippen LogP contribution in [0.15, 0.2) is 24.3 Å². The van der Waals surface area contributed by atoms with Crippen molar-refractivity contribution in [1.82, 2.24) is 5.32 Å². The summed E-state index contributed by atoms with van der Waals surface area (Å²) in [6, 6.07) is 6.02. The third-order valence-electron chi connectivity index (χ3n) is 3.54. The van der Waals surface area contributed by atoms with Gasteiger partial charge in [0.25, 0.3) is 5.91 Å². The second-order valence-corrected chi connectivity index (χ2v) is 5.46. The van der Waals surface area contributed by atoms with E-state index in [1.54, 1.807) is 24.3 Å². The Morgan fingerprint density at radius 3 is 2.55 bits per heavy atom. The lowest BCUT2D eigenvalue weighted by Gasteiger charge is -2.17. The molecule has 22 heavy (non-hydrogen) atoms. The van der Waals surface area contributed by atoms with Crippen LogP contribution in [0.4, 0.5) is 5.69 Å². The van der Waals surface area contributed by atoms with Crippen molar-refractivity contribution < 1.29 is 19.1 Å². The molecule has 118 valence electrons. The molecule has 0 heterocycles. The van der Waals surface area contributed by atoms with E-state index in [9.17, 15) is 14.4 Å². The molecule has 1 aliphatic carbocycles. The Bertz CT molecular complexity index is 581. The first-order valence-corrected chi connectivity index (χ1v) is 7.26. The Morgan fingerprint density at radius 1 is 1.27 bits per heavy atom. The molecule has 0 bridgehead atoms. The molecule has 0 spiro atoms. The summed E-state index contributed by atoms with van der Waals surface area (Å²) < 4.78 is 4.75. The molecule has 2 amide bonds. The van der Waals surface area contributed by atoms with Crippen LogP contribution in [0.25, 0.3) is 0 Å². The number of rotatable bonds is 6. The van der Waals surface area contributed by atoms with E-state index in [2.05, 4.69) is 10.6 Å². The molecular formula is C16H20N2O4. The van der Waals surface area contributed by atoms with Crippen molar-refractivity contribution in [3.05, 3.63) is 29.8 Å².